The molecular weight excluding hydrogens is 440 g/mol. The minimum absolute atomic E-state index is 0.0969. The van der Waals surface area contributed by atoms with Crippen LogP contribution in [0.25, 0.3) is 0 Å². The van der Waals surface area contributed by atoms with Gasteiger partial charge in [-0.1, -0.05) is 12.2 Å². The highest BCUT2D eigenvalue weighted by Gasteiger charge is 2.51. The van der Waals surface area contributed by atoms with Crippen LogP contribution >= 0.6 is 0 Å². The summed E-state index contributed by atoms with van der Waals surface area (Å²) in [4.78, 5) is 45.5. The van der Waals surface area contributed by atoms with Crippen LogP contribution < -0.4 is 0 Å². The molecule has 2 fully saturated rings. The van der Waals surface area contributed by atoms with Crippen LogP contribution in [0, 0.1) is 35.5 Å². The minimum Gasteiger partial charge on any atom is -0.481 e. The molecule has 2 rings (SSSR count). The zero-order valence-corrected chi connectivity index (χ0v) is 21.2. The van der Waals surface area contributed by atoms with Gasteiger partial charge < -0.3 is 19.7 Å². The lowest BCUT2D eigenvalue weighted by Crippen LogP contribution is -2.30. The second-order valence-electron chi connectivity index (χ2n) is 11.0. The van der Waals surface area contributed by atoms with E-state index in [2.05, 4.69) is 13.2 Å². The summed E-state index contributed by atoms with van der Waals surface area (Å²) in [5, 5.41) is 17.8. The zero-order valence-electron chi connectivity index (χ0n) is 21.2. The van der Waals surface area contributed by atoms with Crippen molar-refractivity contribution in [3.05, 3.63) is 25.3 Å². The molecule has 8 heteroatoms. The van der Waals surface area contributed by atoms with Crippen molar-refractivity contribution in [1.29, 1.82) is 0 Å². The number of hydrogen-bond donors (Lipinski definition) is 2. The number of carbonyl (C=O) groups is 4. The highest BCUT2D eigenvalue weighted by atomic mass is 16.6. The molecule has 2 unspecified atom stereocenters. The molecule has 2 saturated carbocycles. The van der Waals surface area contributed by atoms with Gasteiger partial charge in [-0.05, 0) is 79.1 Å². The molecule has 2 N–H and O–H groups in total. The van der Waals surface area contributed by atoms with E-state index in [1.807, 2.05) is 0 Å². The largest absolute Gasteiger partial charge is 0.481 e. The van der Waals surface area contributed by atoms with Crippen molar-refractivity contribution in [1.82, 2.24) is 0 Å². The summed E-state index contributed by atoms with van der Waals surface area (Å²) in [7, 11) is 0. The Bertz CT molecular complexity index is 720. The van der Waals surface area contributed by atoms with E-state index in [0.29, 0.717) is 25.7 Å². The van der Waals surface area contributed by atoms with E-state index in [1.165, 1.54) is 0 Å². The van der Waals surface area contributed by atoms with Crippen LogP contribution in [0.2, 0.25) is 0 Å². The first-order chi connectivity index (χ1) is 15.5. The second-order valence-corrected chi connectivity index (χ2v) is 11.0. The fourth-order valence-corrected chi connectivity index (χ4v) is 3.89. The van der Waals surface area contributed by atoms with Crippen molar-refractivity contribution in [2.45, 2.75) is 78.4 Å². The van der Waals surface area contributed by atoms with Gasteiger partial charge in [0.05, 0.1) is 23.7 Å². The van der Waals surface area contributed by atoms with Crippen LogP contribution in [0.5, 0.6) is 0 Å². The first-order valence-electron chi connectivity index (χ1n) is 11.7. The van der Waals surface area contributed by atoms with Gasteiger partial charge in [-0.25, -0.2) is 0 Å². The molecule has 0 aromatic heterocycles. The van der Waals surface area contributed by atoms with Crippen LogP contribution in [0.1, 0.15) is 67.2 Å². The monoisotopic (exact) mass is 480 g/mol. The maximum Gasteiger partial charge on any atom is 0.310 e. The Morgan fingerprint density at radius 3 is 1.24 bits per heavy atom. The number of carboxylic acid groups (broad SMARTS) is 2. The summed E-state index contributed by atoms with van der Waals surface area (Å²) in [6.07, 6.45) is 5.37. The highest BCUT2D eigenvalue weighted by molar-refractivity contribution is 5.79. The molecule has 0 saturated heterocycles. The van der Waals surface area contributed by atoms with Crippen molar-refractivity contribution >= 4 is 23.9 Å². The molecule has 0 aromatic carbocycles. The third-order valence-corrected chi connectivity index (χ3v) is 5.61. The zero-order chi connectivity index (χ0) is 26.4. The number of ether oxygens (including phenoxy) is 2. The number of esters is 2. The molecule has 6 atom stereocenters. The Balaban J connectivity index is 0.000000340. The fraction of sp³-hybridized carbons (Fsp3) is 0.692. The Morgan fingerprint density at radius 1 is 0.765 bits per heavy atom. The number of rotatable bonds is 10. The predicted octanol–water partition coefficient (Wildman–Crippen LogP) is 4.48. The maximum absolute atomic E-state index is 11.9. The fourth-order valence-electron chi connectivity index (χ4n) is 3.89. The van der Waals surface area contributed by atoms with Gasteiger partial charge in [0.15, 0.2) is 0 Å². The van der Waals surface area contributed by atoms with Crippen molar-refractivity contribution < 1.29 is 38.9 Å². The minimum atomic E-state index is -0.826. The van der Waals surface area contributed by atoms with Crippen molar-refractivity contribution in [3.63, 3.8) is 0 Å². The van der Waals surface area contributed by atoms with Crippen LogP contribution in [-0.4, -0.2) is 45.3 Å². The summed E-state index contributed by atoms with van der Waals surface area (Å²) >= 11 is 0. The number of allylic oxidation sites excluding steroid dienone is 2. The van der Waals surface area contributed by atoms with E-state index in [4.69, 9.17) is 19.7 Å². The van der Waals surface area contributed by atoms with E-state index >= 15 is 0 Å². The van der Waals surface area contributed by atoms with Gasteiger partial charge in [0.1, 0.15) is 11.2 Å². The Labute approximate surface area is 202 Å². The van der Waals surface area contributed by atoms with Crippen LogP contribution in [0.4, 0.5) is 0 Å². The molecule has 0 aromatic rings. The average Bonchev–Trinajstić information content (AvgIpc) is 3.55. The molecule has 2 aliphatic rings. The van der Waals surface area contributed by atoms with Gasteiger partial charge >= 0.3 is 23.9 Å². The predicted molar refractivity (Wildman–Crippen MR) is 127 cm³/mol. The third-order valence-electron chi connectivity index (χ3n) is 5.61. The molecule has 34 heavy (non-hydrogen) atoms. The average molecular weight is 481 g/mol. The molecule has 8 nitrogen and oxygen atoms in total. The Hall–Kier alpha value is -2.64. The normalized spacial score (nSPS) is 24.9. The SMILES string of the molecule is C=CC[C@@H](C(=O)OC(C)(C)C)[C@@H]1CC1C(=O)O.C=CC[C@H](C(=O)OC(C)(C)C)[C@H]1CC1C(=O)O. The van der Waals surface area contributed by atoms with Gasteiger partial charge in [-0.2, -0.15) is 0 Å². The van der Waals surface area contributed by atoms with E-state index in [9.17, 15) is 19.2 Å². The first kappa shape index (κ1) is 29.4. The summed E-state index contributed by atoms with van der Waals surface area (Å²) in [6.45, 7) is 18.0. The summed E-state index contributed by atoms with van der Waals surface area (Å²) in [5.74, 6) is -4.00. The lowest BCUT2D eigenvalue weighted by molar-refractivity contribution is -0.162. The molecule has 0 aliphatic heterocycles. The Morgan fingerprint density at radius 2 is 1.06 bits per heavy atom. The van der Waals surface area contributed by atoms with Gasteiger partial charge in [0.2, 0.25) is 0 Å². The number of hydrogen-bond acceptors (Lipinski definition) is 6. The topological polar surface area (TPSA) is 127 Å². The molecule has 192 valence electrons. The molecule has 2 aliphatic carbocycles. The molecule has 0 heterocycles. The highest BCUT2D eigenvalue weighted by Crippen LogP contribution is 2.47. The van der Waals surface area contributed by atoms with E-state index in [1.54, 1.807) is 53.7 Å². The smallest absolute Gasteiger partial charge is 0.310 e. The lowest BCUT2D eigenvalue weighted by atomic mass is 9.98. The molecule has 0 amide bonds. The molecular formula is C26H40O8. The summed E-state index contributed by atoms with van der Waals surface area (Å²) in [5.41, 5.74) is -1.08. The number of carboxylic acids is 2. The summed E-state index contributed by atoms with van der Waals surface area (Å²) in [6, 6.07) is 0. The quantitative estimate of drug-likeness (QED) is 0.346. The van der Waals surface area contributed by atoms with Crippen molar-refractivity contribution in [2.75, 3.05) is 0 Å². The van der Waals surface area contributed by atoms with Crippen molar-refractivity contribution in [3.8, 4) is 0 Å². The van der Waals surface area contributed by atoms with E-state index < -0.39 is 35.0 Å². The van der Waals surface area contributed by atoms with E-state index in [-0.39, 0.29) is 35.6 Å². The van der Waals surface area contributed by atoms with Crippen LogP contribution in [0.3, 0.4) is 0 Å². The van der Waals surface area contributed by atoms with Crippen molar-refractivity contribution in [2.24, 2.45) is 35.5 Å². The Kier molecular flexibility index (Phi) is 10.1. The van der Waals surface area contributed by atoms with Crippen LogP contribution in [-0.2, 0) is 28.7 Å². The second kappa shape index (κ2) is 11.7. The van der Waals surface area contributed by atoms with Gasteiger partial charge in [-0.15, -0.1) is 13.2 Å². The van der Waals surface area contributed by atoms with E-state index in [0.717, 1.165) is 0 Å². The molecule has 0 bridgehead atoms. The first-order valence-corrected chi connectivity index (χ1v) is 11.7. The number of carbonyl (C=O) groups excluding carboxylic acids is 2. The molecule has 0 spiro atoms. The maximum atomic E-state index is 11.9. The van der Waals surface area contributed by atoms with Gasteiger partial charge in [0.25, 0.3) is 0 Å². The number of aliphatic carboxylic acids is 2. The lowest BCUT2D eigenvalue weighted by Gasteiger charge is -2.23. The standard InChI is InChI=1S/2C13H20O4/c2*1-5-6-8(9-7-10(9)11(14)15)12(16)17-13(2,3)4/h2*5,8-10H,1,6-7H2,2-4H3,(H,14,15)/t2*8-,9+,10?/m10/s1. The van der Waals surface area contributed by atoms with Gasteiger partial charge in [-0.3, -0.25) is 19.2 Å². The van der Waals surface area contributed by atoms with Crippen LogP contribution in [0.15, 0.2) is 25.3 Å². The molecule has 0 radical (unpaired) electrons. The third kappa shape index (κ3) is 9.69. The summed E-state index contributed by atoms with van der Waals surface area (Å²) < 4.78 is 10.6. The van der Waals surface area contributed by atoms with Gasteiger partial charge in [0, 0.05) is 0 Å².